The van der Waals surface area contributed by atoms with Gasteiger partial charge in [-0.25, -0.2) is 17.9 Å². The molecule has 0 saturated heterocycles. The molecule has 0 aliphatic carbocycles. The fraction of sp³-hybridized carbons (Fsp3) is 0.259. The SMILES string of the molecule is C=C/C=C\C(=C)CCCS(=O)(=O)NC(=O)N[C@@H](Cc1ccccc1)C(=O)N(C)c1ccc2c(c1)OCO2. The number of sulfonamides is 1. The van der Waals surface area contributed by atoms with E-state index in [0.717, 1.165) is 11.1 Å². The number of carbonyl (C=O) groups is 2. The van der Waals surface area contributed by atoms with E-state index in [0.29, 0.717) is 23.6 Å². The molecule has 9 nitrogen and oxygen atoms in total. The third-order valence-corrected chi connectivity index (χ3v) is 6.91. The molecule has 1 atom stereocenters. The second-order valence-corrected chi connectivity index (χ2v) is 10.3. The number of nitrogens with zero attached hydrogens (tertiary/aromatic N) is 1. The standard InChI is InChI=1S/C27H31N3O6S/c1-4-5-10-20(2)11-9-16-37(33,34)29-27(32)28-23(17-21-12-7-6-8-13-21)26(31)30(3)22-14-15-24-25(18-22)36-19-35-24/h4-8,10,12-15,18,23H,1-2,9,11,16-17,19H2,3H3,(H2,28,29,32)/b10-5-/t23-/m0/s1. The average molecular weight is 526 g/mol. The van der Waals surface area contributed by atoms with Crippen LogP contribution < -0.4 is 24.4 Å². The molecule has 0 spiro atoms. The van der Waals surface area contributed by atoms with Gasteiger partial charge in [-0.05, 0) is 30.5 Å². The number of urea groups is 1. The number of ether oxygens (including phenoxy) is 2. The summed E-state index contributed by atoms with van der Waals surface area (Å²) < 4.78 is 37.6. The number of hydrogen-bond acceptors (Lipinski definition) is 6. The van der Waals surface area contributed by atoms with E-state index in [-0.39, 0.29) is 25.4 Å². The first-order valence-corrected chi connectivity index (χ1v) is 13.3. The lowest BCUT2D eigenvalue weighted by molar-refractivity contribution is -0.120. The van der Waals surface area contributed by atoms with Gasteiger partial charge in [-0.1, -0.05) is 67.3 Å². The van der Waals surface area contributed by atoms with Crippen molar-refractivity contribution >= 4 is 27.6 Å². The van der Waals surface area contributed by atoms with E-state index in [2.05, 4.69) is 18.5 Å². The van der Waals surface area contributed by atoms with Crippen LogP contribution >= 0.6 is 0 Å². The van der Waals surface area contributed by atoms with Crippen molar-refractivity contribution in [1.29, 1.82) is 0 Å². The van der Waals surface area contributed by atoms with Gasteiger partial charge >= 0.3 is 6.03 Å². The van der Waals surface area contributed by atoms with Crippen LogP contribution in [0.15, 0.2) is 85.5 Å². The topological polar surface area (TPSA) is 114 Å². The molecule has 196 valence electrons. The Morgan fingerprint density at radius 2 is 1.86 bits per heavy atom. The maximum atomic E-state index is 13.4. The number of fused-ring (bicyclic) bond motifs is 1. The Labute approximate surface area is 217 Å². The van der Waals surface area contributed by atoms with Crippen LogP contribution in [0.3, 0.4) is 0 Å². The number of carbonyl (C=O) groups excluding carboxylic acids is 2. The monoisotopic (exact) mass is 525 g/mol. The maximum Gasteiger partial charge on any atom is 0.329 e. The minimum atomic E-state index is -3.92. The predicted octanol–water partition coefficient (Wildman–Crippen LogP) is 3.70. The highest BCUT2D eigenvalue weighted by Gasteiger charge is 2.27. The Bertz CT molecular complexity index is 1270. The number of likely N-dealkylation sites (N-methyl/N-ethyl adjacent to an activating group) is 1. The fourth-order valence-corrected chi connectivity index (χ4v) is 4.63. The zero-order valence-corrected chi connectivity index (χ0v) is 21.5. The van der Waals surface area contributed by atoms with Crippen molar-refractivity contribution < 1.29 is 27.5 Å². The minimum Gasteiger partial charge on any atom is -0.454 e. The molecule has 10 heteroatoms. The van der Waals surface area contributed by atoms with E-state index in [1.807, 2.05) is 35.1 Å². The van der Waals surface area contributed by atoms with Crippen LogP contribution in [0, 0.1) is 0 Å². The number of hydrogen-bond donors (Lipinski definition) is 2. The molecule has 2 aromatic rings. The molecule has 3 rings (SSSR count). The van der Waals surface area contributed by atoms with Crippen molar-refractivity contribution in [2.24, 2.45) is 0 Å². The predicted molar refractivity (Wildman–Crippen MR) is 143 cm³/mol. The van der Waals surface area contributed by atoms with E-state index in [9.17, 15) is 18.0 Å². The zero-order chi connectivity index (χ0) is 26.8. The third kappa shape index (κ3) is 8.25. The number of rotatable bonds is 12. The quantitative estimate of drug-likeness (QED) is 0.409. The summed E-state index contributed by atoms with van der Waals surface area (Å²) in [6.45, 7) is 7.52. The Hall–Kier alpha value is -4.05. The lowest BCUT2D eigenvalue weighted by Crippen LogP contribution is -2.52. The smallest absolute Gasteiger partial charge is 0.329 e. The van der Waals surface area contributed by atoms with Crippen LogP contribution in [-0.4, -0.2) is 46.0 Å². The minimum absolute atomic E-state index is 0.100. The lowest BCUT2D eigenvalue weighted by atomic mass is 10.0. The van der Waals surface area contributed by atoms with Crippen molar-refractivity contribution in [3.8, 4) is 11.5 Å². The fourth-order valence-electron chi connectivity index (χ4n) is 3.66. The van der Waals surface area contributed by atoms with Gasteiger partial charge < -0.3 is 19.7 Å². The van der Waals surface area contributed by atoms with Crippen molar-refractivity contribution in [2.45, 2.75) is 25.3 Å². The molecule has 0 saturated carbocycles. The van der Waals surface area contributed by atoms with E-state index in [4.69, 9.17) is 9.47 Å². The molecule has 2 N–H and O–H groups in total. The van der Waals surface area contributed by atoms with Gasteiger partial charge in [-0.15, -0.1) is 0 Å². The molecule has 0 fully saturated rings. The summed E-state index contributed by atoms with van der Waals surface area (Å²) >= 11 is 0. The van der Waals surface area contributed by atoms with Crippen molar-refractivity contribution in [1.82, 2.24) is 10.0 Å². The van der Waals surface area contributed by atoms with Crippen LogP contribution in [0.1, 0.15) is 18.4 Å². The van der Waals surface area contributed by atoms with Crippen molar-refractivity contribution in [2.75, 3.05) is 24.5 Å². The van der Waals surface area contributed by atoms with Gasteiger partial charge in [0.15, 0.2) is 11.5 Å². The summed E-state index contributed by atoms with van der Waals surface area (Å²) in [5.74, 6) is 0.390. The highest BCUT2D eigenvalue weighted by atomic mass is 32.2. The van der Waals surface area contributed by atoms with Gasteiger partial charge in [0.1, 0.15) is 6.04 Å². The first-order valence-electron chi connectivity index (χ1n) is 11.7. The molecule has 0 radical (unpaired) electrons. The van der Waals surface area contributed by atoms with Crippen LogP contribution in [-0.2, 0) is 21.2 Å². The molecule has 1 aliphatic rings. The second kappa shape index (κ2) is 12.8. The van der Waals surface area contributed by atoms with E-state index in [1.165, 1.54) is 4.90 Å². The zero-order valence-electron chi connectivity index (χ0n) is 20.7. The van der Waals surface area contributed by atoms with Gasteiger partial charge in [0.25, 0.3) is 0 Å². The van der Waals surface area contributed by atoms with E-state index >= 15 is 0 Å². The Morgan fingerprint density at radius 3 is 2.59 bits per heavy atom. The maximum absolute atomic E-state index is 13.4. The van der Waals surface area contributed by atoms with E-state index < -0.39 is 28.0 Å². The normalized spacial score (nSPS) is 13.1. The molecule has 0 aromatic heterocycles. The molecular formula is C27H31N3O6S. The number of amides is 3. The van der Waals surface area contributed by atoms with Gasteiger partial charge in [-0.2, -0.15) is 0 Å². The van der Waals surface area contributed by atoms with E-state index in [1.54, 1.807) is 43.5 Å². The van der Waals surface area contributed by atoms with Gasteiger partial charge in [-0.3, -0.25) is 4.79 Å². The number of benzene rings is 2. The van der Waals surface area contributed by atoms with Crippen molar-refractivity contribution in [3.05, 3.63) is 91.1 Å². The lowest BCUT2D eigenvalue weighted by Gasteiger charge is -2.25. The average Bonchev–Trinajstić information content (AvgIpc) is 3.34. The highest BCUT2D eigenvalue weighted by Crippen LogP contribution is 2.35. The second-order valence-electron chi connectivity index (χ2n) is 8.43. The van der Waals surface area contributed by atoms with Crippen molar-refractivity contribution in [3.63, 3.8) is 0 Å². The first-order chi connectivity index (χ1) is 17.7. The van der Waals surface area contributed by atoms with Crippen LogP contribution in [0.4, 0.5) is 10.5 Å². The number of allylic oxidation sites excluding steroid dienone is 4. The number of anilines is 1. The Morgan fingerprint density at radius 1 is 1.14 bits per heavy atom. The molecule has 0 unspecified atom stereocenters. The molecule has 37 heavy (non-hydrogen) atoms. The molecule has 2 aromatic carbocycles. The summed E-state index contributed by atoms with van der Waals surface area (Å²) in [7, 11) is -2.35. The summed E-state index contributed by atoms with van der Waals surface area (Å²) in [6.07, 6.45) is 5.95. The summed E-state index contributed by atoms with van der Waals surface area (Å²) in [5, 5.41) is 2.54. The summed E-state index contributed by atoms with van der Waals surface area (Å²) in [5.41, 5.74) is 2.08. The molecular weight excluding hydrogens is 494 g/mol. The summed E-state index contributed by atoms with van der Waals surface area (Å²) in [4.78, 5) is 27.5. The Balaban J connectivity index is 1.67. The van der Waals surface area contributed by atoms with Gasteiger partial charge in [0.05, 0.1) is 5.75 Å². The largest absolute Gasteiger partial charge is 0.454 e. The molecule has 3 amide bonds. The first kappa shape index (κ1) is 27.5. The van der Waals surface area contributed by atoms with Crippen LogP contribution in [0.2, 0.25) is 0 Å². The third-order valence-electron chi connectivity index (χ3n) is 5.59. The van der Waals surface area contributed by atoms with Gasteiger partial charge in [0.2, 0.25) is 22.7 Å². The van der Waals surface area contributed by atoms with Crippen LogP contribution in [0.25, 0.3) is 0 Å². The highest BCUT2D eigenvalue weighted by molar-refractivity contribution is 7.90. The number of nitrogens with one attached hydrogen (secondary N) is 2. The molecule has 1 heterocycles. The summed E-state index contributed by atoms with van der Waals surface area (Å²) in [6, 6.07) is 12.2. The van der Waals surface area contributed by atoms with Crippen LogP contribution in [0.5, 0.6) is 11.5 Å². The molecule has 0 bridgehead atoms. The Kier molecular flexibility index (Phi) is 9.51. The van der Waals surface area contributed by atoms with Gasteiger partial charge in [0, 0.05) is 25.2 Å². The molecule has 1 aliphatic heterocycles.